The van der Waals surface area contributed by atoms with Crippen molar-refractivity contribution >= 4 is 54.7 Å². The van der Waals surface area contributed by atoms with Crippen LogP contribution in [-0.2, 0) is 34.5 Å². The number of fused-ring (bicyclic) bond motifs is 2. The maximum atomic E-state index is 13.3. The highest BCUT2D eigenvalue weighted by atomic mass is 32.2. The summed E-state index contributed by atoms with van der Waals surface area (Å²) in [7, 11) is -10.2. The number of aliphatic carboxylic acids is 1. The summed E-state index contributed by atoms with van der Waals surface area (Å²) in [5.41, 5.74) is 14.3. The molecule has 0 bridgehead atoms. The molecule has 23 heteroatoms. The van der Waals surface area contributed by atoms with Crippen LogP contribution in [0.4, 0.5) is 5.69 Å². The Morgan fingerprint density at radius 3 is 2.19 bits per heavy atom. The van der Waals surface area contributed by atoms with Crippen LogP contribution in [0.3, 0.4) is 0 Å². The van der Waals surface area contributed by atoms with E-state index in [0.717, 1.165) is 6.07 Å². The van der Waals surface area contributed by atoms with Crippen LogP contribution in [0.2, 0.25) is 0 Å². The number of carbonyl (C=O) groups excluding carboxylic acids is 2. The van der Waals surface area contributed by atoms with Gasteiger partial charge in [-0.05, 0) is 65.7 Å². The fraction of sp³-hybridized carbons (Fsp3) is 0.200. The largest absolute Gasteiger partial charge is 0.491 e. The third-order valence-electron chi connectivity index (χ3n) is 8.06. The topological polar surface area (TPSA) is 344 Å². The van der Waals surface area contributed by atoms with Crippen molar-refractivity contribution in [1.82, 2.24) is 10.6 Å². The van der Waals surface area contributed by atoms with Crippen molar-refractivity contribution in [3.63, 3.8) is 0 Å². The fourth-order valence-electron chi connectivity index (χ4n) is 5.66. The van der Waals surface area contributed by atoms with Crippen LogP contribution >= 0.6 is 0 Å². The summed E-state index contributed by atoms with van der Waals surface area (Å²) in [6.45, 7) is -0.951. The van der Waals surface area contributed by atoms with E-state index in [4.69, 9.17) is 40.4 Å². The van der Waals surface area contributed by atoms with Gasteiger partial charge >= 0.3 is 5.97 Å². The van der Waals surface area contributed by atoms with Crippen molar-refractivity contribution in [3.05, 3.63) is 99.7 Å². The Bertz CT molecular complexity index is 2700. The molecule has 0 aromatic heterocycles. The summed E-state index contributed by atoms with van der Waals surface area (Å²) in [5.74, 6) is -2.64. The predicted octanol–water partition coefficient (Wildman–Crippen LogP) is 3.05. The maximum Gasteiger partial charge on any atom is 0.329 e. The summed E-state index contributed by atoms with van der Waals surface area (Å²) < 4.78 is 91.2. The number of ether oxygens (including phenoxy) is 3. The Balaban J connectivity index is 1.29. The molecule has 2 aliphatic rings. The molecule has 3 aromatic rings. The third kappa shape index (κ3) is 10.2. The number of carbonyl (C=O) groups is 3. The Morgan fingerprint density at radius 2 is 1.55 bits per heavy atom. The molecule has 1 aliphatic heterocycles. The number of azide groups is 1. The van der Waals surface area contributed by atoms with Crippen molar-refractivity contribution < 1.29 is 64.1 Å². The van der Waals surface area contributed by atoms with E-state index in [9.17, 15) is 40.3 Å². The molecule has 0 radical (unpaired) electrons. The van der Waals surface area contributed by atoms with E-state index in [1.807, 2.05) is 0 Å². The SMILES string of the molecule is [N-]=[N+]=NC(COc1cccc(C(=O)NCCNC(=O)c2cccc(-c3c4ccc(=N)c(S(=O)(=O)O)c-4oc4c(S(=O)(=O)O)c(N)ccc34)c2)c1)OCCOCC(=O)O. The van der Waals surface area contributed by atoms with E-state index in [0.29, 0.717) is 0 Å². The van der Waals surface area contributed by atoms with Crippen LogP contribution in [0, 0.1) is 5.41 Å². The molecule has 58 heavy (non-hydrogen) atoms. The molecule has 0 spiro atoms. The molecule has 2 amide bonds. The van der Waals surface area contributed by atoms with Gasteiger partial charge in [0.05, 0.1) is 24.3 Å². The molecule has 1 atom stereocenters. The number of hydrogen-bond acceptors (Lipinski definition) is 14. The van der Waals surface area contributed by atoms with Crippen LogP contribution < -0.4 is 26.5 Å². The number of nitrogen functional groups attached to an aromatic ring is 1. The first-order valence-corrected chi connectivity index (χ1v) is 19.5. The van der Waals surface area contributed by atoms with Crippen molar-refractivity contribution in [2.24, 2.45) is 5.11 Å². The maximum absolute atomic E-state index is 13.3. The van der Waals surface area contributed by atoms with Gasteiger partial charge in [-0.3, -0.25) is 24.1 Å². The molecule has 304 valence electrons. The molecule has 0 saturated carbocycles. The van der Waals surface area contributed by atoms with E-state index >= 15 is 0 Å². The van der Waals surface area contributed by atoms with Gasteiger partial charge in [0, 0.05) is 45.6 Å². The van der Waals surface area contributed by atoms with Gasteiger partial charge in [0.1, 0.15) is 19.0 Å². The number of nitrogens with two attached hydrogens (primary N) is 1. The van der Waals surface area contributed by atoms with E-state index in [1.165, 1.54) is 54.6 Å². The Labute approximate surface area is 328 Å². The van der Waals surface area contributed by atoms with Crippen molar-refractivity contribution in [1.29, 1.82) is 5.41 Å². The van der Waals surface area contributed by atoms with Crippen molar-refractivity contribution in [2.45, 2.75) is 16.0 Å². The Kier molecular flexibility index (Phi) is 13.3. The second kappa shape index (κ2) is 18.1. The van der Waals surface area contributed by atoms with Crippen molar-refractivity contribution in [3.8, 4) is 28.2 Å². The lowest BCUT2D eigenvalue weighted by atomic mass is 9.92. The van der Waals surface area contributed by atoms with Gasteiger partial charge in [0.2, 0.25) is 0 Å². The van der Waals surface area contributed by atoms with Crippen LogP contribution in [0.1, 0.15) is 20.7 Å². The number of nitrogens with zero attached hydrogens (tertiary/aromatic N) is 3. The smallest absolute Gasteiger partial charge is 0.329 e. The van der Waals surface area contributed by atoms with Crippen LogP contribution in [0.25, 0.3) is 43.9 Å². The molecule has 21 nitrogen and oxygen atoms in total. The number of nitrogens with one attached hydrogen (secondary N) is 3. The van der Waals surface area contributed by atoms with Gasteiger partial charge < -0.3 is 40.1 Å². The lowest BCUT2D eigenvalue weighted by Gasteiger charge is -2.19. The first-order chi connectivity index (χ1) is 27.5. The van der Waals surface area contributed by atoms with E-state index in [-0.39, 0.29) is 71.9 Å². The summed E-state index contributed by atoms with van der Waals surface area (Å²) >= 11 is 0. The van der Waals surface area contributed by atoms with E-state index < -0.39 is 83.0 Å². The highest BCUT2D eigenvalue weighted by Crippen LogP contribution is 2.44. The van der Waals surface area contributed by atoms with E-state index in [2.05, 4.69) is 20.7 Å². The number of amides is 2. The molecule has 1 aliphatic carbocycles. The first kappa shape index (κ1) is 42.6. The summed E-state index contributed by atoms with van der Waals surface area (Å²) in [6, 6.07) is 16.8. The average Bonchev–Trinajstić information content (AvgIpc) is 3.16. The molecule has 0 saturated heterocycles. The Morgan fingerprint density at radius 1 is 0.897 bits per heavy atom. The van der Waals surface area contributed by atoms with Crippen LogP contribution in [0.5, 0.6) is 5.75 Å². The standard InChI is InChI=1S/C35H33N7O14S2/c36-25-9-7-23-29(24-8-10-26(37)33(58(50,51)52)31(24)56-30(23)32(25)57(47,48)49)19-3-1-4-20(15-19)34(45)39-11-12-40-35(46)21-5-2-6-22(16-21)55-17-27(41-42-38)54-14-13-53-18-28(43)44/h1-10,15-16,27,36H,11-14,17-18,37H2,(H,39,45)(H,40,46)(H,43,44)(H,47,48,49)(H,50,51,52). The lowest BCUT2D eigenvalue weighted by Crippen LogP contribution is -2.34. The number of carboxylic acids is 1. The molecule has 1 heterocycles. The zero-order valence-corrected chi connectivity index (χ0v) is 31.4. The molecule has 3 aromatic carbocycles. The molecule has 5 rings (SSSR count). The van der Waals surface area contributed by atoms with Gasteiger partial charge in [0.25, 0.3) is 32.1 Å². The molecule has 0 fully saturated rings. The Hall–Kier alpha value is -6.59. The van der Waals surface area contributed by atoms with Gasteiger partial charge in [-0.2, -0.15) is 16.8 Å². The van der Waals surface area contributed by atoms with E-state index in [1.54, 1.807) is 12.1 Å². The molecular weight excluding hydrogens is 807 g/mol. The number of benzene rings is 4. The normalized spacial score (nSPS) is 12.1. The van der Waals surface area contributed by atoms with Gasteiger partial charge in [0.15, 0.2) is 27.4 Å². The highest BCUT2D eigenvalue weighted by molar-refractivity contribution is 7.86. The zero-order chi connectivity index (χ0) is 42.2. The minimum Gasteiger partial charge on any atom is -0.491 e. The van der Waals surface area contributed by atoms with Crippen LogP contribution in [0.15, 0.2) is 92.1 Å². The van der Waals surface area contributed by atoms with Gasteiger partial charge in [-0.1, -0.05) is 23.3 Å². The summed E-state index contributed by atoms with van der Waals surface area (Å²) in [4.78, 5) is 37.5. The van der Waals surface area contributed by atoms with Gasteiger partial charge in [-0.15, -0.1) is 0 Å². The van der Waals surface area contributed by atoms with Gasteiger partial charge in [-0.25, -0.2) is 4.79 Å². The molecular formula is C35H33N7O14S2. The minimum atomic E-state index is -5.12. The fourth-order valence-corrected chi connectivity index (χ4v) is 7.14. The van der Waals surface area contributed by atoms with Crippen molar-refractivity contribution in [2.75, 3.05) is 45.3 Å². The third-order valence-corrected chi connectivity index (χ3v) is 9.91. The number of hydrogen-bond donors (Lipinski definition) is 7. The molecule has 8 N–H and O–H groups in total. The second-order valence-electron chi connectivity index (χ2n) is 12.0. The zero-order valence-electron chi connectivity index (χ0n) is 29.8. The first-order valence-electron chi connectivity index (χ1n) is 16.7. The minimum absolute atomic E-state index is 0.000753. The van der Waals surface area contributed by atoms with Crippen LogP contribution in [-0.4, -0.2) is 94.6 Å². The summed E-state index contributed by atoms with van der Waals surface area (Å²) in [5, 5.41) is 24.9. The number of anilines is 1. The second-order valence-corrected chi connectivity index (χ2v) is 14.7. The quantitative estimate of drug-likeness (QED) is 0.0127. The predicted molar refractivity (Wildman–Crippen MR) is 202 cm³/mol. The average molecular weight is 840 g/mol. The number of carboxylic acid groups (broad SMARTS) is 1. The summed E-state index contributed by atoms with van der Waals surface area (Å²) in [6.07, 6.45) is -1.07. The highest BCUT2D eigenvalue weighted by Gasteiger charge is 2.30. The monoisotopic (exact) mass is 839 g/mol. The lowest BCUT2D eigenvalue weighted by molar-refractivity contribution is -0.143. The molecule has 1 unspecified atom stereocenters. The number of rotatable bonds is 18.